The van der Waals surface area contributed by atoms with Crippen LogP contribution in [0, 0.1) is 5.92 Å². The third-order valence-electron chi connectivity index (χ3n) is 2.83. The second-order valence-electron chi connectivity index (χ2n) is 4.22. The largest absolute Gasteiger partial charge is 0.500 e. The van der Waals surface area contributed by atoms with Crippen molar-refractivity contribution in [3.05, 3.63) is 42.2 Å². The maximum Gasteiger partial charge on any atom is 0.321 e. The number of carbonyl (C=O) groups excluding carboxylic acids is 1. The fourth-order valence-electron chi connectivity index (χ4n) is 1.59. The Morgan fingerprint density at radius 2 is 2.00 bits per heavy atom. The molecule has 2 N–H and O–H groups in total. The number of ether oxygens (including phenoxy) is 2. The second kappa shape index (κ2) is 7.99. The molecule has 20 heavy (non-hydrogen) atoms. The third kappa shape index (κ3) is 4.76. The molecule has 0 saturated carbocycles. The molecule has 108 valence electrons. The number of rotatable bonds is 7. The Morgan fingerprint density at radius 1 is 1.35 bits per heavy atom. The lowest BCUT2D eigenvalue weighted by Crippen LogP contribution is -2.20. The first kappa shape index (κ1) is 15.8. The van der Waals surface area contributed by atoms with Crippen LogP contribution < -0.4 is 5.73 Å². The van der Waals surface area contributed by atoms with Crippen LogP contribution in [0.1, 0.15) is 5.56 Å². The molecule has 0 aliphatic carbocycles. The number of nitrogen functional groups attached to an aromatic ring is 1. The standard InChI is InChI=1S/C15H20N2O3/c1-11(19-2)14(15(18)20-3)10-17-9-8-12-4-6-13(16)7-5-12/h4-7,10,14H,1,8-9,16H2,2-3H3. The first-order valence-corrected chi connectivity index (χ1v) is 6.23. The zero-order valence-corrected chi connectivity index (χ0v) is 11.8. The molecule has 0 aliphatic rings. The smallest absolute Gasteiger partial charge is 0.321 e. The molecule has 1 aromatic rings. The zero-order chi connectivity index (χ0) is 15.0. The summed E-state index contributed by atoms with van der Waals surface area (Å²) in [6, 6.07) is 7.61. The number of nitrogens with zero attached hydrogens (tertiary/aromatic N) is 1. The summed E-state index contributed by atoms with van der Waals surface area (Å²) in [5, 5.41) is 0. The number of anilines is 1. The first-order valence-electron chi connectivity index (χ1n) is 6.23. The molecule has 0 fully saturated rings. The van der Waals surface area contributed by atoms with Crippen LogP contribution in [0.15, 0.2) is 41.6 Å². The van der Waals surface area contributed by atoms with Crippen molar-refractivity contribution in [2.24, 2.45) is 10.9 Å². The maximum atomic E-state index is 11.5. The van der Waals surface area contributed by atoms with Crippen molar-refractivity contribution in [3.63, 3.8) is 0 Å². The lowest BCUT2D eigenvalue weighted by Gasteiger charge is -2.11. The monoisotopic (exact) mass is 276 g/mol. The molecular formula is C15H20N2O3. The van der Waals surface area contributed by atoms with Gasteiger partial charge in [-0.25, -0.2) is 0 Å². The summed E-state index contributed by atoms with van der Waals surface area (Å²) in [6.45, 7) is 4.22. The summed E-state index contributed by atoms with van der Waals surface area (Å²) < 4.78 is 9.64. The molecule has 5 nitrogen and oxygen atoms in total. The molecule has 1 rings (SSSR count). The molecule has 0 spiro atoms. The van der Waals surface area contributed by atoms with E-state index in [4.69, 9.17) is 10.5 Å². The minimum absolute atomic E-state index is 0.313. The molecule has 0 radical (unpaired) electrons. The van der Waals surface area contributed by atoms with E-state index >= 15 is 0 Å². The fraction of sp³-hybridized carbons (Fsp3) is 0.333. The number of hydrogen-bond acceptors (Lipinski definition) is 5. The number of hydrogen-bond donors (Lipinski definition) is 1. The van der Waals surface area contributed by atoms with Gasteiger partial charge in [0.2, 0.25) is 0 Å². The number of esters is 1. The normalized spacial score (nSPS) is 12.1. The van der Waals surface area contributed by atoms with Crippen molar-refractivity contribution in [3.8, 4) is 0 Å². The number of benzene rings is 1. The highest BCUT2D eigenvalue weighted by Gasteiger charge is 2.20. The van der Waals surface area contributed by atoms with Gasteiger partial charge >= 0.3 is 5.97 Å². The number of aliphatic imine (C=N–C) groups is 1. The summed E-state index contributed by atoms with van der Waals surface area (Å²) >= 11 is 0. The van der Waals surface area contributed by atoms with Gasteiger partial charge in [0.1, 0.15) is 11.7 Å². The SMILES string of the molecule is C=C(OC)C(C=NCCc1ccc(N)cc1)C(=O)OC. The zero-order valence-electron chi connectivity index (χ0n) is 11.8. The molecule has 0 amide bonds. The average Bonchev–Trinajstić information content (AvgIpc) is 2.47. The highest BCUT2D eigenvalue weighted by atomic mass is 16.5. The molecule has 1 unspecified atom stereocenters. The predicted molar refractivity (Wildman–Crippen MR) is 79.6 cm³/mol. The van der Waals surface area contributed by atoms with Gasteiger partial charge in [-0.05, 0) is 24.1 Å². The molecule has 1 aromatic carbocycles. The molecule has 0 saturated heterocycles. The van der Waals surface area contributed by atoms with Crippen molar-refractivity contribution in [1.29, 1.82) is 0 Å². The molecule has 0 aliphatic heterocycles. The van der Waals surface area contributed by atoms with Crippen molar-refractivity contribution in [1.82, 2.24) is 0 Å². The average molecular weight is 276 g/mol. The van der Waals surface area contributed by atoms with E-state index in [-0.39, 0.29) is 0 Å². The quantitative estimate of drug-likeness (QED) is 0.357. The molecule has 0 bridgehead atoms. The lowest BCUT2D eigenvalue weighted by molar-refractivity contribution is -0.142. The van der Waals surface area contributed by atoms with Crippen LogP contribution in [0.2, 0.25) is 0 Å². The second-order valence-corrected chi connectivity index (χ2v) is 4.22. The van der Waals surface area contributed by atoms with Crippen molar-refractivity contribution < 1.29 is 14.3 Å². The van der Waals surface area contributed by atoms with E-state index in [2.05, 4.69) is 16.3 Å². The topological polar surface area (TPSA) is 73.9 Å². The van der Waals surface area contributed by atoms with Crippen LogP contribution in [0.4, 0.5) is 5.69 Å². The van der Waals surface area contributed by atoms with Gasteiger partial charge in [-0.15, -0.1) is 0 Å². The molecule has 1 atom stereocenters. The van der Waals surface area contributed by atoms with E-state index in [0.29, 0.717) is 12.3 Å². The van der Waals surface area contributed by atoms with Gasteiger partial charge in [0, 0.05) is 18.4 Å². The van der Waals surface area contributed by atoms with Crippen LogP contribution in [-0.2, 0) is 20.7 Å². The summed E-state index contributed by atoms with van der Waals surface area (Å²) in [4.78, 5) is 15.8. The van der Waals surface area contributed by atoms with Crippen LogP contribution >= 0.6 is 0 Å². The minimum Gasteiger partial charge on any atom is -0.500 e. The van der Waals surface area contributed by atoms with Crippen LogP contribution in [0.25, 0.3) is 0 Å². The third-order valence-corrected chi connectivity index (χ3v) is 2.83. The first-order chi connectivity index (χ1) is 9.58. The van der Waals surface area contributed by atoms with Crippen LogP contribution in [0.5, 0.6) is 0 Å². The van der Waals surface area contributed by atoms with Crippen molar-refractivity contribution in [2.45, 2.75) is 6.42 Å². The van der Waals surface area contributed by atoms with Crippen molar-refractivity contribution >= 4 is 17.9 Å². The van der Waals surface area contributed by atoms with E-state index in [0.717, 1.165) is 17.7 Å². The van der Waals surface area contributed by atoms with E-state index in [1.807, 2.05) is 24.3 Å². The van der Waals surface area contributed by atoms with Gasteiger partial charge in [0.15, 0.2) is 0 Å². The highest BCUT2D eigenvalue weighted by molar-refractivity contribution is 5.92. The van der Waals surface area contributed by atoms with E-state index < -0.39 is 11.9 Å². The number of carbonyl (C=O) groups is 1. The van der Waals surface area contributed by atoms with Gasteiger partial charge in [0.25, 0.3) is 0 Å². The fourth-order valence-corrected chi connectivity index (χ4v) is 1.59. The van der Waals surface area contributed by atoms with E-state index in [1.54, 1.807) is 0 Å². The van der Waals surface area contributed by atoms with Gasteiger partial charge in [-0.1, -0.05) is 18.7 Å². The molecule has 0 heterocycles. The Kier molecular flexibility index (Phi) is 6.29. The van der Waals surface area contributed by atoms with Crippen LogP contribution in [-0.4, -0.2) is 32.9 Å². The Hall–Kier alpha value is -2.30. The van der Waals surface area contributed by atoms with Crippen molar-refractivity contribution in [2.75, 3.05) is 26.5 Å². The molecule has 0 aromatic heterocycles. The summed E-state index contributed by atoms with van der Waals surface area (Å²) in [5.74, 6) is -0.794. The van der Waals surface area contributed by atoms with Gasteiger partial charge < -0.3 is 15.2 Å². The Labute approximate surface area is 119 Å². The maximum absolute atomic E-state index is 11.5. The lowest BCUT2D eigenvalue weighted by atomic mass is 10.1. The molecule has 5 heteroatoms. The Morgan fingerprint density at radius 3 is 2.55 bits per heavy atom. The summed E-state index contributed by atoms with van der Waals surface area (Å²) in [7, 11) is 2.78. The Balaban J connectivity index is 2.54. The van der Waals surface area contributed by atoms with E-state index in [9.17, 15) is 4.79 Å². The van der Waals surface area contributed by atoms with Crippen LogP contribution in [0.3, 0.4) is 0 Å². The van der Waals surface area contributed by atoms with Gasteiger partial charge in [-0.3, -0.25) is 9.79 Å². The number of methoxy groups -OCH3 is 2. The van der Waals surface area contributed by atoms with E-state index in [1.165, 1.54) is 20.4 Å². The molecular weight excluding hydrogens is 256 g/mol. The minimum atomic E-state index is -0.670. The highest BCUT2D eigenvalue weighted by Crippen LogP contribution is 2.10. The summed E-state index contributed by atoms with van der Waals surface area (Å²) in [5.41, 5.74) is 7.49. The predicted octanol–water partition coefficient (Wildman–Crippen LogP) is 1.83. The van der Waals surface area contributed by atoms with Gasteiger partial charge in [-0.2, -0.15) is 0 Å². The van der Waals surface area contributed by atoms with Gasteiger partial charge in [0.05, 0.1) is 14.2 Å². The Bertz CT molecular complexity index is 464. The number of nitrogens with two attached hydrogens (primary N) is 1. The summed E-state index contributed by atoms with van der Waals surface area (Å²) in [6.07, 6.45) is 2.28.